The third-order valence-electron chi connectivity index (χ3n) is 3.09. The maximum Gasteiger partial charge on any atom is 0.0722 e. The molecule has 1 rings (SSSR count). The van der Waals surface area contributed by atoms with Crippen molar-refractivity contribution in [3.8, 4) is 0 Å². The van der Waals surface area contributed by atoms with Crippen molar-refractivity contribution in [1.29, 1.82) is 0 Å². The van der Waals surface area contributed by atoms with Crippen LogP contribution in [0, 0.1) is 11.8 Å². The molecule has 0 aromatic rings. The van der Waals surface area contributed by atoms with E-state index in [2.05, 4.69) is 26.1 Å². The molecule has 1 aliphatic heterocycles. The van der Waals surface area contributed by atoms with E-state index in [1.165, 1.54) is 6.42 Å². The van der Waals surface area contributed by atoms with E-state index in [4.69, 9.17) is 9.47 Å². The van der Waals surface area contributed by atoms with Gasteiger partial charge in [0.25, 0.3) is 0 Å². The molecule has 0 amide bonds. The molecule has 0 radical (unpaired) electrons. The lowest BCUT2D eigenvalue weighted by Gasteiger charge is -2.23. The molecule has 2 unspecified atom stereocenters. The van der Waals surface area contributed by atoms with Gasteiger partial charge in [-0.3, -0.25) is 0 Å². The van der Waals surface area contributed by atoms with Gasteiger partial charge >= 0.3 is 0 Å². The second kappa shape index (κ2) is 8.04. The van der Waals surface area contributed by atoms with Crippen LogP contribution in [0.15, 0.2) is 0 Å². The van der Waals surface area contributed by atoms with Crippen molar-refractivity contribution < 1.29 is 9.47 Å². The summed E-state index contributed by atoms with van der Waals surface area (Å²) in [5.41, 5.74) is 0. The summed E-state index contributed by atoms with van der Waals surface area (Å²) in [5, 5.41) is 3.44. The van der Waals surface area contributed by atoms with Crippen molar-refractivity contribution in [2.24, 2.45) is 11.8 Å². The zero-order chi connectivity index (χ0) is 11.8. The summed E-state index contributed by atoms with van der Waals surface area (Å²) in [4.78, 5) is 0. The first-order chi connectivity index (χ1) is 7.74. The van der Waals surface area contributed by atoms with Crippen LogP contribution in [-0.2, 0) is 9.47 Å². The molecule has 3 heteroatoms. The summed E-state index contributed by atoms with van der Waals surface area (Å²) in [5.74, 6) is 1.19. The molecule has 0 bridgehead atoms. The third kappa shape index (κ3) is 5.28. The van der Waals surface area contributed by atoms with Gasteiger partial charge in [-0.2, -0.15) is 0 Å². The predicted octanol–water partition coefficient (Wildman–Crippen LogP) is 2.06. The quantitative estimate of drug-likeness (QED) is 0.646. The molecule has 1 saturated heterocycles. The Morgan fingerprint density at radius 1 is 1.44 bits per heavy atom. The number of nitrogens with one attached hydrogen (secondary N) is 1. The highest BCUT2D eigenvalue weighted by atomic mass is 16.5. The van der Waals surface area contributed by atoms with Gasteiger partial charge in [0, 0.05) is 19.1 Å². The first-order valence-corrected chi connectivity index (χ1v) is 6.64. The molecule has 0 aromatic heterocycles. The maximum absolute atomic E-state index is 5.99. The first-order valence-electron chi connectivity index (χ1n) is 6.64. The largest absolute Gasteiger partial charge is 0.381 e. The fourth-order valence-electron chi connectivity index (χ4n) is 1.88. The summed E-state index contributed by atoms with van der Waals surface area (Å²) in [6.07, 6.45) is 2.68. The lowest BCUT2D eigenvalue weighted by atomic mass is 10.1. The number of ether oxygens (including phenoxy) is 2. The Morgan fingerprint density at radius 3 is 2.81 bits per heavy atom. The van der Waals surface area contributed by atoms with Crippen molar-refractivity contribution in [3.05, 3.63) is 0 Å². The molecule has 96 valence electrons. The van der Waals surface area contributed by atoms with Crippen molar-refractivity contribution in [1.82, 2.24) is 5.32 Å². The van der Waals surface area contributed by atoms with Gasteiger partial charge in [0.2, 0.25) is 0 Å². The molecule has 3 nitrogen and oxygen atoms in total. The molecule has 1 heterocycles. The zero-order valence-corrected chi connectivity index (χ0v) is 11.0. The average Bonchev–Trinajstić information content (AvgIpc) is 2.75. The molecule has 1 fully saturated rings. The SMILES string of the molecule is CCCNCC(OCC1CCOC1)C(C)C. The van der Waals surface area contributed by atoms with E-state index in [1.54, 1.807) is 0 Å². The Labute approximate surface area is 99.9 Å². The van der Waals surface area contributed by atoms with Gasteiger partial charge in [-0.1, -0.05) is 20.8 Å². The highest BCUT2D eigenvalue weighted by molar-refractivity contribution is 4.69. The monoisotopic (exact) mass is 229 g/mol. The van der Waals surface area contributed by atoms with Crippen LogP contribution < -0.4 is 5.32 Å². The second-order valence-corrected chi connectivity index (χ2v) is 5.05. The van der Waals surface area contributed by atoms with Crippen molar-refractivity contribution in [2.45, 2.75) is 39.7 Å². The van der Waals surface area contributed by atoms with Gasteiger partial charge in [-0.25, -0.2) is 0 Å². The van der Waals surface area contributed by atoms with E-state index < -0.39 is 0 Å². The van der Waals surface area contributed by atoms with Crippen LogP contribution >= 0.6 is 0 Å². The van der Waals surface area contributed by atoms with Crippen LogP contribution in [0.1, 0.15) is 33.6 Å². The lowest BCUT2D eigenvalue weighted by molar-refractivity contribution is 0.00122. The second-order valence-electron chi connectivity index (χ2n) is 5.05. The molecule has 1 N–H and O–H groups in total. The Balaban J connectivity index is 2.16. The van der Waals surface area contributed by atoms with Crippen molar-refractivity contribution in [3.63, 3.8) is 0 Å². The van der Waals surface area contributed by atoms with E-state index in [9.17, 15) is 0 Å². The van der Waals surface area contributed by atoms with Crippen molar-refractivity contribution in [2.75, 3.05) is 32.9 Å². The Morgan fingerprint density at radius 2 is 2.25 bits per heavy atom. The summed E-state index contributed by atoms with van der Waals surface area (Å²) in [7, 11) is 0. The summed E-state index contributed by atoms with van der Waals surface area (Å²) in [6, 6.07) is 0. The van der Waals surface area contributed by atoms with E-state index in [0.29, 0.717) is 17.9 Å². The fourth-order valence-corrected chi connectivity index (χ4v) is 1.88. The fraction of sp³-hybridized carbons (Fsp3) is 1.00. The highest BCUT2D eigenvalue weighted by Crippen LogP contribution is 2.15. The number of rotatable bonds is 8. The van der Waals surface area contributed by atoms with E-state index in [-0.39, 0.29) is 0 Å². The Hall–Kier alpha value is -0.120. The molecule has 0 saturated carbocycles. The van der Waals surface area contributed by atoms with Crippen LogP contribution in [-0.4, -0.2) is 39.0 Å². The zero-order valence-electron chi connectivity index (χ0n) is 11.0. The van der Waals surface area contributed by atoms with Gasteiger partial charge in [0.1, 0.15) is 0 Å². The molecular formula is C13H27NO2. The minimum Gasteiger partial charge on any atom is -0.381 e. The van der Waals surface area contributed by atoms with Crippen LogP contribution in [0.4, 0.5) is 0 Å². The van der Waals surface area contributed by atoms with Gasteiger partial charge in [0.05, 0.1) is 19.3 Å². The summed E-state index contributed by atoms with van der Waals surface area (Å²) in [6.45, 7) is 11.3. The van der Waals surface area contributed by atoms with Gasteiger partial charge < -0.3 is 14.8 Å². The summed E-state index contributed by atoms with van der Waals surface area (Å²) < 4.78 is 11.3. The van der Waals surface area contributed by atoms with Gasteiger partial charge in [0.15, 0.2) is 0 Å². The summed E-state index contributed by atoms with van der Waals surface area (Å²) >= 11 is 0. The highest BCUT2D eigenvalue weighted by Gasteiger charge is 2.19. The van der Waals surface area contributed by atoms with Crippen LogP contribution in [0.3, 0.4) is 0 Å². The van der Waals surface area contributed by atoms with Gasteiger partial charge in [-0.15, -0.1) is 0 Å². The minimum absolute atomic E-state index is 0.340. The van der Waals surface area contributed by atoms with Crippen LogP contribution in [0.5, 0.6) is 0 Å². The van der Waals surface area contributed by atoms with E-state index in [0.717, 1.165) is 39.3 Å². The molecule has 2 atom stereocenters. The third-order valence-corrected chi connectivity index (χ3v) is 3.09. The first kappa shape index (κ1) is 13.9. The minimum atomic E-state index is 0.340. The van der Waals surface area contributed by atoms with Crippen LogP contribution in [0.2, 0.25) is 0 Å². The molecular weight excluding hydrogens is 202 g/mol. The maximum atomic E-state index is 5.99. The smallest absolute Gasteiger partial charge is 0.0722 e. The molecule has 1 aliphatic rings. The molecule has 0 spiro atoms. The van der Waals surface area contributed by atoms with Crippen LogP contribution in [0.25, 0.3) is 0 Å². The Bertz CT molecular complexity index is 167. The van der Waals surface area contributed by atoms with Gasteiger partial charge in [-0.05, 0) is 25.3 Å². The normalized spacial score (nSPS) is 22.9. The lowest BCUT2D eigenvalue weighted by Crippen LogP contribution is -2.34. The molecule has 0 aromatic carbocycles. The number of hydrogen-bond acceptors (Lipinski definition) is 3. The van der Waals surface area contributed by atoms with E-state index >= 15 is 0 Å². The molecule has 0 aliphatic carbocycles. The molecule has 16 heavy (non-hydrogen) atoms. The Kier molecular flexibility index (Phi) is 7.01. The van der Waals surface area contributed by atoms with Crippen molar-refractivity contribution >= 4 is 0 Å². The number of hydrogen-bond donors (Lipinski definition) is 1. The topological polar surface area (TPSA) is 30.5 Å². The standard InChI is InChI=1S/C13H27NO2/c1-4-6-14-8-13(11(2)3)16-10-12-5-7-15-9-12/h11-14H,4-10H2,1-3H3. The average molecular weight is 229 g/mol. The predicted molar refractivity (Wildman–Crippen MR) is 66.7 cm³/mol. The van der Waals surface area contributed by atoms with E-state index in [1.807, 2.05) is 0 Å².